The van der Waals surface area contributed by atoms with E-state index in [-0.39, 0.29) is 9.90 Å². The first-order chi connectivity index (χ1) is 2.41. The quantitative estimate of drug-likeness (QED) is 0.380. The van der Waals surface area contributed by atoms with Crippen LogP contribution in [0.1, 0.15) is 6.42 Å². The fraction of sp³-hybridized carbons (Fsp3) is 0.667. The lowest BCUT2D eigenvalue weighted by Gasteiger charge is -1.63. The van der Waals surface area contributed by atoms with Gasteiger partial charge in [0.05, 0.1) is 6.07 Å². The molecule has 0 spiro atoms. The average Bonchev–Trinajstić information content (AvgIpc) is 1.41. The molecule has 0 saturated carbocycles. The number of hydrogen-bond acceptors (Lipinski definition) is 1. The molecule has 0 radical (unpaired) electrons. The molecule has 0 aliphatic carbocycles. The minimum absolute atomic E-state index is 0. The maximum absolute atomic E-state index is 7.73. The first-order valence-corrected chi connectivity index (χ1v) is 1.88. The first kappa shape index (κ1) is 9.51. The van der Waals surface area contributed by atoms with Crippen molar-refractivity contribution >= 4 is 21.5 Å². The zero-order chi connectivity index (χ0) is 4.12. The highest BCUT2D eigenvalue weighted by Crippen LogP contribution is 1.76. The van der Waals surface area contributed by atoms with E-state index in [1.165, 1.54) is 0 Å². The molecule has 0 fully saturated rings. The molecule has 36 valence electrons. The van der Waals surface area contributed by atoms with E-state index in [0.29, 0.717) is 12.3 Å². The fourth-order valence-corrected chi connectivity index (χ4v) is 0.127. The molecule has 0 saturated heterocycles. The normalized spacial score (nSPS) is 5.33. The minimum atomic E-state index is 0. The lowest BCUT2D eigenvalue weighted by molar-refractivity contribution is 1.23. The van der Waals surface area contributed by atoms with Crippen molar-refractivity contribution in [3.63, 3.8) is 0 Å². The van der Waals surface area contributed by atoms with Crippen molar-refractivity contribution in [2.24, 2.45) is 0 Å². The molecule has 3 heteroatoms. The van der Waals surface area contributed by atoms with Crippen LogP contribution >= 0.6 is 21.5 Å². The standard InChI is InChI=1S/C3H4ClN.H3P/c4-2-1-3-5;/h1-2H2;1H3. The summed E-state index contributed by atoms with van der Waals surface area (Å²) >= 11 is 5.08. The number of hydrogen-bond donors (Lipinski definition) is 0. The summed E-state index contributed by atoms with van der Waals surface area (Å²) in [4.78, 5) is 0. The van der Waals surface area contributed by atoms with Gasteiger partial charge in [-0.2, -0.15) is 15.2 Å². The van der Waals surface area contributed by atoms with E-state index in [0.717, 1.165) is 0 Å². The summed E-state index contributed by atoms with van der Waals surface area (Å²) in [6.07, 6.45) is 0.460. The molecule has 0 rings (SSSR count). The van der Waals surface area contributed by atoms with Gasteiger partial charge in [0.25, 0.3) is 0 Å². The zero-order valence-electron chi connectivity index (χ0n) is 3.45. The molecule has 1 unspecified atom stereocenters. The molecule has 0 aromatic rings. The van der Waals surface area contributed by atoms with E-state index < -0.39 is 0 Å². The van der Waals surface area contributed by atoms with Crippen LogP contribution in [-0.2, 0) is 0 Å². The number of nitriles is 1. The molecule has 1 nitrogen and oxygen atoms in total. The van der Waals surface area contributed by atoms with Crippen molar-refractivity contribution in [2.45, 2.75) is 6.42 Å². The van der Waals surface area contributed by atoms with Crippen molar-refractivity contribution in [3.05, 3.63) is 0 Å². The van der Waals surface area contributed by atoms with Crippen molar-refractivity contribution in [1.82, 2.24) is 0 Å². The van der Waals surface area contributed by atoms with Crippen LogP contribution in [0.2, 0.25) is 0 Å². The van der Waals surface area contributed by atoms with E-state index in [1.807, 2.05) is 6.07 Å². The van der Waals surface area contributed by atoms with Crippen LogP contribution in [0.15, 0.2) is 0 Å². The summed E-state index contributed by atoms with van der Waals surface area (Å²) in [5.41, 5.74) is 0. The van der Waals surface area contributed by atoms with Gasteiger partial charge in [0.1, 0.15) is 0 Å². The molecule has 0 bridgehead atoms. The Morgan fingerprint density at radius 1 is 1.67 bits per heavy atom. The maximum atomic E-state index is 7.73. The molecule has 1 atom stereocenters. The molecule has 0 aromatic carbocycles. The third-order valence-corrected chi connectivity index (χ3v) is 0.395. The van der Waals surface area contributed by atoms with Crippen molar-refractivity contribution in [2.75, 3.05) is 5.88 Å². The third-order valence-electron chi connectivity index (χ3n) is 0.206. The molecule has 0 N–H and O–H groups in total. The van der Waals surface area contributed by atoms with E-state index in [2.05, 4.69) is 0 Å². The van der Waals surface area contributed by atoms with E-state index in [4.69, 9.17) is 16.9 Å². The van der Waals surface area contributed by atoms with Gasteiger partial charge in [-0.3, -0.25) is 0 Å². The van der Waals surface area contributed by atoms with Crippen LogP contribution < -0.4 is 0 Å². The van der Waals surface area contributed by atoms with Gasteiger partial charge in [-0.05, 0) is 0 Å². The Hall–Kier alpha value is 0.210. The fourth-order valence-electron chi connectivity index (χ4n) is 0.0423. The van der Waals surface area contributed by atoms with Gasteiger partial charge in [0.2, 0.25) is 0 Å². The van der Waals surface area contributed by atoms with Gasteiger partial charge in [0.15, 0.2) is 0 Å². The van der Waals surface area contributed by atoms with Crippen molar-refractivity contribution in [1.29, 1.82) is 5.26 Å². The molecule has 0 heterocycles. The Labute approximate surface area is 45.9 Å². The van der Waals surface area contributed by atoms with E-state index in [9.17, 15) is 0 Å². The van der Waals surface area contributed by atoms with Crippen molar-refractivity contribution in [3.8, 4) is 6.07 Å². The Morgan fingerprint density at radius 2 is 2.17 bits per heavy atom. The van der Waals surface area contributed by atoms with Crippen LogP contribution in [0, 0.1) is 11.3 Å². The Morgan fingerprint density at radius 3 is 2.17 bits per heavy atom. The van der Waals surface area contributed by atoms with Gasteiger partial charge < -0.3 is 0 Å². The second-order valence-corrected chi connectivity index (χ2v) is 0.975. The Balaban J connectivity index is 0. The molecule has 0 amide bonds. The second kappa shape index (κ2) is 8.96. The third kappa shape index (κ3) is 8.88. The minimum Gasteiger partial charge on any atom is -0.198 e. The predicted molar refractivity (Wildman–Crippen MR) is 32.1 cm³/mol. The van der Waals surface area contributed by atoms with Crippen molar-refractivity contribution < 1.29 is 0 Å². The lowest BCUT2D eigenvalue weighted by Crippen LogP contribution is -1.60. The number of rotatable bonds is 1. The monoisotopic (exact) mass is 123 g/mol. The molecular formula is C3H7ClNP. The summed E-state index contributed by atoms with van der Waals surface area (Å²) in [6.45, 7) is 0. The second-order valence-electron chi connectivity index (χ2n) is 0.597. The van der Waals surface area contributed by atoms with Crippen LogP contribution in [0.25, 0.3) is 0 Å². The SMILES string of the molecule is N#CCCCl.P. The Kier molecular flexibility index (Phi) is 14.2. The molecule has 0 aliphatic rings. The lowest BCUT2D eigenvalue weighted by atomic mass is 10.6. The number of nitrogens with zero attached hydrogens (tertiary/aromatic N) is 1. The van der Waals surface area contributed by atoms with Gasteiger partial charge in [-0.1, -0.05) is 0 Å². The number of alkyl halides is 1. The first-order valence-electron chi connectivity index (χ1n) is 1.34. The Bertz CT molecular complexity index is 49.2. The van der Waals surface area contributed by atoms with Crippen LogP contribution in [0.5, 0.6) is 0 Å². The van der Waals surface area contributed by atoms with Crippen LogP contribution in [-0.4, -0.2) is 5.88 Å². The van der Waals surface area contributed by atoms with Crippen LogP contribution in [0.3, 0.4) is 0 Å². The summed E-state index contributed by atoms with van der Waals surface area (Å²) in [5, 5.41) is 7.73. The average molecular weight is 124 g/mol. The smallest absolute Gasteiger partial charge is 0.0634 e. The summed E-state index contributed by atoms with van der Waals surface area (Å²) in [6, 6.07) is 1.89. The van der Waals surface area contributed by atoms with E-state index >= 15 is 0 Å². The van der Waals surface area contributed by atoms with Crippen LogP contribution in [0.4, 0.5) is 0 Å². The summed E-state index contributed by atoms with van der Waals surface area (Å²) < 4.78 is 0. The largest absolute Gasteiger partial charge is 0.198 e. The highest BCUT2D eigenvalue weighted by Gasteiger charge is 1.67. The zero-order valence-corrected chi connectivity index (χ0v) is 5.62. The van der Waals surface area contributed by atoms with E-state index in [1.54, 1.807) is 0 Å². The summed E-state index contributed by atoms with van der Waals surface area (Å²) in [7, 11) is 0. The highest BCUT2D eigenvalue weighted by molar-refractivity contribution is 6.92. The van der Waals surface area contributed by atoms with Gasteiger partial charge >= 0.3 is 0 Å². The number of halogens is 1. The predicted octanol–water partition coefficient (Wildman–Crippen LogP) is 1.20. The molecule has 6 heavy (non-hydrogen) atoms. The topological polar surface area (TPSA) is 23.8 Å². The molecular weight excluding hydrogens is 116 g/mol. The van der Waals surface area contributed by atoms with Gasteiger partial charge in [0, 0.05) is 12.3 Å². The maximum Gasteiger partial charge on any atom is 0.0634 e. The van der Waals surface area contributed by atoms with Gasteiger partial charge in [-0.25, -0.2) is 0 Å². The summed E-state index contributed by atoms with van der Waals surface area (Å²) in [5.74, 6) is 0.455. The molecule has 0 aliphatic heterocycles. The highest BCUT2D eigenvalue weighted by atomic mass is 35.5. The van der Waals surface area contributed by atoms with Gasteiger partial charge in [-0.15, -0.1) is 11.6 Å². The molecule has 0 aromatic heterocycles.